The molecule has 1 aliphatic heterocycles. The van der Waals surface area contributed by atoms with Gasteiger partial charge in [0.15, 0.2) is 0 Å². The van der Waals surface area contributed by atoms with Crippen molar-refractivity contribution in [2.24, 2.45) is 0 Å². The van der Waals surface area contributed by atoms with Crippen LogP contribution in [0, 0.1) is 0 Å². The molecular weight excluding hydrogens is 274 g/mol. The molecule has 2 rings (SSSR count). The van der Waals surface area contributed by atoms with Crippen molar-refractivity contribution in [3.05, 3.63) is 11.9 Å². The molecule has 1 aromatic rings. The fourth-order valence-corrected chi connectivity index (χ4v) is 2.37. The van der Waals surface area contributed by atoms with Crippen LogP contribution in [0.4, 0.5) is 5.69 Å². The van der Waals surface area contributed by atoms with E-state index in [1.54, 1.807) is 4.68 Å². The van der Waals surface area contributed by atoms with Gasteiger partial charge in [-0.3, -0.25) is 14.3 Å². The Hall–Kier alpha value is -2.09. The van der Waals surface area contributed by atoms with Gasteiger partial charge in [0.25, 0.3) is 5.91 Å². The van der Waals surface area contributed by atoms with Gasteiger partial charge in [-0.25, -0.2) is 0 Å². The van der Waals surface area contributed by atoms with Crippen LogP contribution in [0.1, 0.15) is 24.3 Å². The smallest absolute Gasteiger partial charge is 0.275 e. The van der Waals surface area contributed by atoms with Gasteiger partial charge >= 0.3 is 0 Å². The number of hydrogen-bond donors (Lipinski definition) is 2. The molecule has 0 saturated carbocycles. The predicted octanol–water partition coefficient (Wildman–Crippen LogP) is -0.538. The number of carbonyl (C=O) groups is 2. The molecule has 1 atom stereocenters. The lowest BCUT2D eigenvalue weighted by Crippen LogP contribution is -2.56. The number of amides is 2. The van der Waals surface area contributed by atoms with Crippen molar-refractivity contribution in [1.82, 2.24) is 20.0 Å². The van der Waals surface area contributed by atoms with E-state index in [1.807, 2.05) is 13.8 Å². The highest BCUT2D eigenvalue weighted by atomic mass is 16.5. The van der Waals surface area contributed by atoms with Crippen LogP contribution in [0.25, 0.3) is 0 Å². The summed E-state index contributed by atoms with van der Waals surface area (Å²) in [6.45, 7) is 5.71. The largest absolute Gasteiger partial charge is 0.396 e. The lowest BCUT2D eigenvalue weighted by atomic mass is 10.2. The first kappa shape index (κ1) is 15.3. The molecular formula is C13H21N5O3. The molecule has 2 heterocycles. The number of anilines is 1. The molecule has 0 aromatic carbocycles. The van der Waals surface area contributed by atoms with Gasteiger partial charge in [-0.15, -0.1) is 0 Å². The van der Waals surface area contributed by atoms with E-state index in [0.717, 1.165) is 0 Å². The van der Waals surface area contributed by atoms with Gasteiger partial charge in [0.05, 0.1) is 25.1 Å². The van der Waals surface area contributed by atoms with Crippen LogP contribution in [-0.2, 0) is 16.1 Å². The Labute approximate surface area is 123 Å². The van der Waals surface area contributed by atoms with Gasteiger partial charge in [0, 0.05) is 19.6 Å². The number of nitrogen functional groups attached to an aromatic ring is 1. The molecule has 1 aliphatic rings. The second kappa shape index (κ2) is 6.57. The van der Waals surface area contributed by atoms with Crippen LogP contribution in [0.5, 0.6) is 0 Å². The normalized spacial score (nSPS) is 18.6. The first-order valence-electron chi connectivity index (χ1n) is 7.07. The number of ether oxygens (including phenoxy) is 1. The van der Waals surface area contributed by atoms with Crippen LogP contribution in [0.15, 0.2) is 6.20 Å². The fraction of sp³-hybridized carbons (Fsp3) is 0.615. The third kappa shape index (κ3) is 2.99. The standard InChI is InChI=1S/C13H21N5O3/c1-3-15-12(19)10-8-21-6-5-17(10)13(20)11-9(14)7-16-18(11)4-2/h7,10H,3-6,8,14H2,1-2H3,(H,15,19). The maximum absolute atomic E-state index is 12.7. The van der Waals surface area contributed by atoms with Crippen LogP contribution < -0.4 is 11.1 Å². The SMILES string of the molecule is CCNC(=O)C1COCCN1C(=O)c1c(N)cnn1CC. The van der Waals surface area contributed by atoms with Crippen molar-refractivity contribution in [2.45, 2.75) is 26.4 Å². The molecule has 2 amide bonds. The highest BCUT2D eigenvalue weighted by Crippen LogP contribution is 2.17. The zero-order valence-electron chi connectivity index (χ0n) is 12.3. The third-order valence-corrected chi connectivity index (χ3v) is 3.41. The van der Waals surface area contributed by atoms with Crippen molar-refractivity contribution in [3.8, 4) is 0 Å². The van der Waals surface area contributed by atoms with E-state index in [9.17, 15) is 9.59 Å². The number of nitrogens with one attached hydrogen (secondary N) is 1. The van der Waals surface area contributed by atoms with Gasteiger partial charge in [-0.2, -0.15) is 5.10 Å². The average molecular weight is 295 g/mol. The van der Waals surface area contributed by atoms with E-state index < -0.39 is 6.04 Å². The minimum Gasteiger partial charge on any atom is -0.396 e. The number of aryl methyl sites for hydroxylation is 1. The third-order valence-electron chi connectivity index (χ3n) is 3.41. The van der Waals surface area contributed by atoms with E-state index in [2.05, 4.69) is 10.4 Å². The molecule has 0 bridgehead atoms. The van der Waals surface area contributed by atoms with E-state index >= 15 is 0 Å². The minimum atomic E-state index is -0.634. The summed E-state index contributed by atoms with van der Waals surface area (Å²) < 4.78 is 6.87. The van der Waals surface area contributed by atoms with Gasteiger partial charge < -0.3 is 20.7 Å². The average Bonchev–Trinajstić information content (AvgIpc) is 2.87. The Balaban J connectivity index is 2.26. The number of nitrogens with zero attached hydrogens (tertiary/aromatic N) is 3. The van der Waals surface area contributed by atoms with Crippen LogP contribution in [-0.4, -0.2) is 58.8 Å². The van der Waals surface area contributed by atoms with E-state index in [0.29, 0.717) is 37.6 Å². The van der Waals surface area contributed by atoms with Gasteiger partial charge in [0.1, 0.15) is 11.7 Å². The number of aromatic nitrogens is 2. The van der Waals surface area contributed by atoms with Crippen LogP contribution in [0.3, 0.4) is 0 Å². The summed E-state index contributed by atoms with van der Waals surface area (Å²) in [5, 5.41) is 6.79. The Morgan fingerprint density at radius 1 is 1.52 bits per heavy atom. The van der Waals surface area contributed by atoms with Crippen molar-refractivity contribution < 1.29 is 14.3 Å². The molecule has 1 unspecified atom stereocenters. The number of likely N-dealkylation sites (N-methyl/N-ethyl adjacent to an activating group) is 1. The molecule has 8 nitrogen and oxygen atoms in total. The Morgan fingerprint density at radius 3 is 2.95 bits per heavy atom. The van der Waals surface area contributed by atoms with Crippen LogP contribution >= 0.6 is 0 Å². The molecule has 1 saturated heterocycles. The second-order valence-electron chi connectivity index (χ2n) is 4.75. The van der Waals surface area contributed by atoms with E-state index in [1.165, 1.54) is 11.1 Å². The summed E-state index contributed by atoms with van der Waals surface area (Å²) in [4.78, 5) is 26.3. The molecule has 0 radical (unpaired) electrons. The number of carbonyl (C=O) groups excluding carboxylic acids is 2. The maximum Gasteiger partial charge on any atom is 0.275 e. The Kier molecular flexibility index (Phi) is 4.79. The quantitative estimate of drug-likeness (QED) is 0.777. The number of hydrogen-bond acceptors (Lipinski definition) is 5. The lowest BCUT2D eigenvalue weighted by Gasteiger charge is -2.34. The molecule has 0 aliphatic carbocycles. The molecule has 0 spiro atoms. The number of nitrogens with two attached hydrogens (primary N) is 1. The zero-order chi connectivity index (χ0) is 15.4. The first-order chi connectivity index (χ1) is 10.1. The van der Waals surface area contributed by atoms with Crippen molar-refractivity contribution in [2.75, 3.05) is 32.0 Å². The molecule has 116 valence electrons. The minimum absolute atomic E-state index is 0.192. The summed E-state index contributed by atoms with van der Waals surface area (Å²) >= 11 is 0. The molecule has 1 fully saturated rings. The van der Waals surface area contributed by atoms with Crippen molar-refractivity contribution >= 4 is 17.5 Å². The van der Waals surface area contributed by atoms with Crippen LogP contribution in [0.2, 0.25) is 0 Å². The summed E-state index contributed by atoms with van der Waals surface area (Å²) in [6, 6.07) is -0.634. The molecule has 3 N–H and O–H groups in total. The topological polar surface area (TPSA) is 102 Å². The fourth-order valence-electron chi connectivity index (χ4n) is 2.37. The summed E-state index contributed by atoms with van der Waals surface area (Å²) in [7, 11) is 0. The highest BCUT2D eigenvalue weighted by molar-refractivity contribution is 6.00. The van der Waals surface area contributed by atoms with Crippen molar-refractivity contribution in [1.29, 1.82) is 0 Å². The first-order valence-corrected chi connectivity index (χ1v) is 7.07. The van der Waals surface area contributed by atoms with E-state index in [4.69, 9.17) is 10.5 Å². The molecule has 21 heavy (non-hydrogen) atoms. The van der Waals surface area contributed by atoms with Gasteiger partial charge in [-0.05, 0) is 13.8 Å². The van der Waals surface area contributed by atoms with E-state index in [-0.39, 0.29) is 18.4 Å². The van der Waals surface area contributed by atoms with Gasteiger partial charge in [0.2, 0.25) is 5.91 Å². The second-order valence-corrected chi connectivity index (χ2v) is 4.75. The number of morpholine rings is 1. The monoisotopic (exact) mass is 295 g/mol. The molecule has 1 aromatic heterocycles. The summed E-state index contributed by atoms with van der Waals surface area (Å²) in [5.41, 5.74) is 6.49. The predicted molar refractivity (Wildman–Crippen MR) is 76.6 cm³/mol. The summed E-state index contributed by atoms with van der Waals surface area (Å²) in [6.07, 6.45) is 1.46. The Morgan fingerprint density at radius 2 is 2.29 bits per heavy atom. The maximum atomic E-state index is 12.7. The molecule has 8 heteroatoms. The van der Waals surface area contributed by atoms with Crippen molar-refractivity contribution in [3.63, 3.8) is 0 Å². The Bertz CT molecular complexity index is 528. The van der Waals surface area contributed by atoms with Gasteiger partial charge in [-0.1, -0.05) is 0 Å². The summed E-state index contributed by atoms with van der Waals surface area (Å²) in [5.74, 6) is -0.502. The zero-order valence-corrected chi connectivity index (χ0v) is 12.3. The number of rotatable bonds is 4. The lowest BCUT2D eigenvalue weighted by molar-refractivity contribution is -0.130. The highest BCUT2D eigenvalue weighted by Gasteiger charge is 2.35.